The number of aromatic nitrogens is 1. The number of fused-ring (bicyclic) bond motifs is 3. The number of hydrogen-bond acceptors (Lipinski definition) is 2. The van der Waals surface area contributed by atoms with Gasteiger partial charge in [0.05, 0.1) is 5.52 Å². The fourth-order valence-corrected chi connectivity index (χ4v) is 3.33. The quantitative estimate of drug-likeness (QED) is 0.888. The van der Waals surface area contributed by atoms with Crippen LogP contribution in [0.25, 0.3) is 10.9 Å². The van der Waals surface area contributed by atoms with Crippen LogP contribution in [0, 0.1) is 6.92 Å². The Bertz CT molecular complexity index is 644. The Labute approximate surface area is 121 Å². The van der Waals surface area contributed by atoms with E-state index in [0.29, 0.717) is 0 Å². The van der Waals surface area contributed by atoms with E-state index in [-0.39, 0.29) is 0 Å². The van der Waals surface area contributed by atoms with E-state index in [1.165, 1.54) is 46.9 Å². The minimum absolute atomic E-state index is 1.01. The number of nitrogens with one attached hydrogen (secondary N) is 1. The molecule has 1 heterocycles. The van der Waals surface area contributed by atoms with Gasteiger partial charge in [0.25, 0.3) is 0 Å². The predicted molar refractivity (Wildman–Crippen MR) is 86.7 cm³/mol. The second-order valence-corrected chi connectivity index (χ2v) is 5.85. The molecule has 106 valence electrons. The zero-order valence-corrected chi connectivity index (χ0v) is 12.8. The molecule has 2 heteroatoms. The lowest BCUT2D eigenvalue weighted by Gasteiger charge is -2.14. The molecule has 0 unspecified atom stereocenters. The van der Waals surface area contributed by atoms with Crippen LogP contribution in [0.5, 0.6) is 0 Å². The molecule has 3 rings (SSSR count). The second kappa shape index (κ2) is 5.43. The van der Waals surface area contributed by atoms with Gasteiger partial charge in [0.1, 0.15) is 5.82 Å². The van der Waals surface area contributed by atoms with Crippen LogP contribution >= 0.6 is 0 Å². The summed E-state index contributed by atoms with van der Waals surface area (Å²) in [7, 11) is 0. The smallest absolute Gasteiger partial charge is 0.130 e. The van der Waals surface area contributed by atoms with Crippen molar-refractivity contribution < 1.29 is 0 Å². The third-order valence-corrected chi connectivity index (χ3v) is 4.44. The van der Waals surface area contributed by atoms with E-state index in [1.54, 1.807) is 5.56 Å². The Kier molecular flexibility index (Phi) is 3.64. The zero-order chi connectivity index (χ0) is 14.1. The topological polar surface area (TPSA) is 24.9 Å². The maximum Gasteiger partial charge on any atom is 0.130 e. The first-order chi connectivity index (χ1) is 9.74. The molecule has 0 atom stereocenters. The van der Waals surface area contributed by atoms with Crippen molar-refractivity contribution in [3.05, 3.63) is 34.4 Å². The Morgan fingerprint density at radius 2 is 1.95 bits per heavy atom. The van der Waals surface area contributed by atoms with Gasteiger partial charge in [0.2, 0.25) is 0 Å². The molecule has 20 heavy (non-hydrogen) atoms. The molecule has 2 nitrogen and oxygen atoms in total. The highest BCUT2D eigenvalue weighted by Gasteiger charge is 2.20. The van der Waals surface area contributed by atoms with Crippen molar-refractivity contribution in [3.8, 4) is 0 Å². The molecular weight excluding hydrogens is 244 g/mol. The summed E-state index contributed by atoms with van der Waals surface area (Å²) < 4.78 is 0. The number of nitrogens with zero attached hydrogens (tertiary/aromatic N) is 1. The molecular formula is C18H24N2. The van der Waals surface area contributed by atoms with Gasteiger partial charge in [-0.3, -0.25) is 0 Å². The molecule has 0 spiro atoms. The van der Waals surface area contributed by atoms with E-state index in [4.69, 9.17) is 4.98 Å². The standard InChI is InChI=1S/C18H24N2/c1-4-9-19-18-15-8-6-7-14(15)16-10-12(3)13(5-2)11-17(16)20-18/h10-11H,4-9H2,1-3H3,(H,19,20). The molecule has 0 radical (unpaired) electrons. The summed E-state index contributed by atoms with van der Waals surface area (Å²) in [4.78, 5) is 4.92. The summed E-state index contributed by atoms with van der Waals surface area (Å²) in [6, 6.07) is 4.65. The van der Waals surface area contributed by atoms with Crippen molar-refractivity contribution >= 4 is 16.7 Å². The van der Waals surface area contributed by atoms with E-state index in [2.05, 4.69) is 38.2 Å². The predicted octanol–water partition coefficient (Wildman–Crippen LogP) is 4.42. The van der Waals surface area contributed by atoms with Gasteiger partial charge in [0, 0.05) is 11.9 Å². The Balaban J connectivity index is 2.20. The fraction of sp³-hybridized carbons (Fsp3) is 0.500. The van der Waals surface area contributed by atoms with E-state index < -0.39 is 0 Å². The van der Waals surface area contributed by atoms with Gasteiger partial charge in [0.15, 0.2) is 0 Å². The Morgan fingerprint density at radius 1 is 1.15 bits per heavy atom. The van der Waals surface area contributed by atoms with Crippen molar-refractivity contribution in [3.63, 3.8) is 0 Å². The highest BCUT2D eigenvalue weighted by Crippen LogP contribution is 2.34. The van der Waals surface area contributed by atoms with Crippen molar-refractivity contribution in [2.45, 2.75) is 52.9 Å². The molecule has 2 aromatic rings. The number of aryl methyl sites for hydroxylation is 3. The Morgan fingerprint density at radius 3 is 2.70 bits per heavy atom. The van der Waals surface area contributed by atoms with Crippen molar-refractivity contribution in [1.29, 1.82) is 0 Å². The van der Waals surface area contributed by atoms with Crippen molar-refractivity contribution in [1.82, 2.24) is 4.98 Å². The van der Waals surface area contributed by atoms with Crippen molar-refractivity contribution in [2.24, 2.45) is 0 Å². The van der Waals surface area contributed by atoms with Crippen LogP contribution in [-0.2, 0) is 19.3 Å². The number of hydrogen-bond donors (Lipinski definition) is 1. The average Bonchev–Trinajstić information content (AvgIpc) is 2.94. The maximum atomic E-state index is 4.92. The molecule has 0 fully saturated rings. The molecule has 0 bridgehead atoms. The summed E-state index contributed by atoms with van der Waals surface area (Å²) in [6.45, 7) is 7.66. The minimum atomic E-state index is 1.01. The van der Waals surface area contributed by atoms with E-state index >= 15 is 0 Å². The lowest BCUT2D eigenvalue weighted by Crippen LogP contribution is -2.06. The van der Waals surface area contributed by atoms with Crippen LogP contribution in [-0.4, -0.2) is 11.5 Å². The molecule has 0 amide bonds. The lowest BCUT2D eigenvalue weighted by molar-refractivity contribution is 0.909. The van der Waals surface area contributed by atoms with Crippen molar-refractivity contribution in [2.75, 3.05) is 11.9 Å². The highest BCUT2D eigenvalue weighted by molar-refractivity contribution is 5.88. The fourth-order valence-electron chi connectivity index (χ4n) is 3.33. The maximum absolute atomic E-state index is 4.92. The summed E-state index contributed by atoms with van der Waals surface area (Å²) >= 11 is 0. The monoisotopic (exact) mass is 268 g/mol. The number of pyridine rings is 1. The molecule has 1 aliphatic carbocycles. The SMILES string of the molecule is CCCNc1nc2cc(CC)c(C)cc2c2c1CCC2. The first-order valence-corrected chi connectivity index (χ1v) is 7.93. The molecule has 1 aromatic carbocycles. The van der Waals surface area contributed by atoms with E-state index in [0.717, 1.165) is 25.2 Å². The van der Waals surface area contributed by atoms with Crippen LogP contribution in [0.4, 0.5) is 5.82 Å². The van der Waals surface area contributed by atoms with E-state index in [9.17, 15) is 0 Å². The first kappa shape index (κ1) is 13.4. The van der Waals surface area contributed by atoms with Crippen LogP contribution in [0.2, 0.25) is 0 Å². The molecule has 0 aliphatic heterocycles. The lowest BCUT2D eigenvalue weighted by atomic mass is 9.98. The van der Waals surface area contributed by atoms with Crippen LogP contribution in [0.3, 0.4) is 0 Å². The summed E-state index contributed by atoms with van der Waals surface area (Å²) in [6.07, 6.45) is 5.88. The molecule has 1 aliphatic rings. The second-order valence-electron chi connectivity index (χ2n) is 5.85. The van der Waals surface area contributed by atoms with Crippen LogP contribution < -0.4 is 5.32 Å². The number of anilines is 1. The normalized spacial score (nSPS) is 13.8. The first-order valence-electron chi connectivity index (χ1n) is 7.93. The van der Waals surface area contributed by atoms with Gasteiger partial charge < -0.3 is 5.32 Å². The number of rotatable bonds is 4. The largest absolute Gasteiger partial charge is 0.370 e. The minimum Gasteiger partial charge on any atom is -0.370 e. The molecule has 1 aromatic heterocycles. The summed E-state index contributed by atoms with van der Waals surface area (Å²) in [5.41, 5.74) is 7.01. The molecule has 0 saturated carbocycles. The number of benzene rings is 1. The van der Waals surface area contributed by atoms with Crippen LogP contribution in [0.15, 0.2) is 12.1 Å². The average molecular weight is 268 g/mol. The Hall–Kier alpha value is -1.57. The highest BCUT2D eigenvalue weighted by atomic mass is 15.0. The summed E-state index contributed by atoms with van der Waals surface area (Å²) in [5, 5.41) is 4.91. The summed E-state index contributed by atoms with van der Waals surface area (Å²) in [5.74, 6) is 1.14. The molecule has 0 saturated heterocycles. The molecule has 1 N–H and O–H groups in total. The van der Waals surface area contributed by atoms with Gasteiger partial charge >= 0.3 is 0 Å². The van der Waals surface area contributed by atoms with Gasteiger partial charge in [-0.05, 0) is 73.4 Å². The van der Waals surface area contributed by atoms with Gasteiger partial charge in [-0.2, -0.15) is 0 Å². The third kappa shape index (κ3) is 2.17. The van der Waals surface area contributed by atoms with Gasteiger partial charge in [-0.15, -0.1) is 0 Å². The van der Waals surface area contributed by atoms with Gasteiger partial charge in [-0.25, -0.2) is 4.98 Å². The van der Waals surface area contributed by atoms with Crippen LogP contribution in [0.1, 0.15) is 48.9 Å². The third-order valence-electron chi connectivity index (χ3n) is 4.44. The van der Waals surface area contributed by atoms with Gasteiger partial charge in [-0.1, -0.05) is 13.8 Å². The van der Waals surface area contributed by atoms with E-state index in [1.807, 2.05) is 0 Å². The zero-order valence-electron chi connectivity index (χ0n) is 12.8.